The van der Waals surface area contributed by atoms with Crippen LogP contribution in [-0.2, 0) is 9.47 Å². The lowest BCUT2D eigenvalue weighted by molar-refractivity contribution is -0.0167. The summed E-state index contributed by atoms with van der Waals surface area (Å²) in [4.78, 5) is 35.3. The number of thiocarbonyl (C=S) groups is 1. The highest BCUT2D eigenvalue weighted by Gasteiger charge is 2.39. The highest BCUT2D eigenvalue weighted by molar-refractivity contribution is 7.80. The van der Waals surface area contributed by atoms with E-state index in [-0.39, 0.29) is 27.8 Å². The lowest BCUT2D eigenvalue weighted by Gasteiger charge is -2.18. The molecule has 0 spiro atoms. The van der Waals surface area contributed by atoms with E-state index in [1.165, 1.54) is 4.57 Å². The number of aromatic amines is 1. The van der Waals surface area contributed by atoms with Gasteiger partial charge in [0.1, 0.15) is 29.2 Å². The Bertz CT molecular complexity index is 1100. The van der Waals surface area contributed by atoms with Crippen molar-refractivity contribution >= 4 is 39.1 Å². The van der Waals surface area contributed by atoms with Gasteiger partial charge in [0.2, 0.25) is 0 Å². The van der Waals surface area contributed by atoms with Gasteiger partial charge >= 0.3 is 4.87 Å². The second-order valence-corrected chi connectivity index (χ2v) is 7.52. The van der Waals surface area contributed by atoms with Crippen LogP contribution in [0.4, 0.5) is 0 Å². The van der Waals surface area contributed by atoms with Crippen molar-refractivity contribution in [2.45, 2.75) is 45.1 Å². The number of H-pyrrole nitrogens is 1. The number of ether oxygens (including phenoxy) is 2. The lowest BCUT2D eigenvalue weighted by Crippen LogP contribution is -2.28. The van der Waals surface area contributed by atoms with Crippen LogP contribution in [0.3, 0.4) is 0 Å². The van der Waals surface area contributed by atoms with Crippen molar-refractivity contribution in [3.8, 4) is 0 Å². The Hall–Kier alpha value is -2.37. The molecule has 0 amide bonds. The Morgan fingerprint density at radius 2 is 2.33 bits per heavy atom. The third kappa shape index (κ3) is 3.22. The normalized spacial score (nSPS) is 22.4. The molecule has 9 nitrogen and oxygen atoms in total. The first-order valence-electron chi connectivity index (χ1n) is 8.44. The van der Waals surface area contributed by atoms with E-state index in [4.69, 9.17) is 21.7 Å². The molecule has 1 N–H and O–H groups in total. The molecular formula is C16H17N5O4S2. The molecule has 1 fully saturated rings. The highest BCUT2D eigenvalue weighted by Crippen LogP contribution is 2.33. The monoisotopic (exact) mass is 407 g/mol. The van der Waals surface area contributed by atoms with Gasteiger partial charge < -0.3 is 14.5 Å². The zero-order chi connectivity index (χ0) is 19.1. The average Bonchev–Trinajstić information content (AvgIpc) is 3.33. The van der Waals surface area contributed by atoms with Crippen molar-refractivity contribution < 1.29 is 9.47 Å². The highest BCUT2D eigenvalue weighted by atomic mass is 32.1. The molecule has 0 aromatic carbocycles. The molecule has 4 heterocycles. The van der Waals surface area contributed by atoms with Gasteiger partial charge in [0, 0.05) is 18.8 Å². The number of hydrogen-bond acceptors (Lipinski definition) is 8. The topological polar surface area (TPSA) is 104 Å². The summed E-state index contributed by atoms with van der Waals surface area (Å²) in [6, 6.07) is 0. The number of aryl methyl sites for hydroxylation is 1. The zero-order valence-electron chi connectivity index (χ0n) is 14.6. The van der Waals surface area contributed by atoms with Crippen LogP contribution >= 0.6 is 23.6 Å². The molecule has 11 heteroatoms. The van der Waals surface area contributed by atoms with Gasteiger partial charge in [-0.1, -0.05) is 18.3 Å². The van der Waals surface area contributed by atoms with Crippen molar-refractivity contribution in [3.05, 3.63) is 44.6 Å². The number of imidazole rings is 1. The molecule has 1 saturated heterocycles. The fourth-order valence-corrected chi connectivity index (χ4v) is 4.28. The smallest absolute Gasteiger partial charge is 0.311 e. The molecule has 0 saturated carbocycles. The maximum Gasteiger partial charge on any atom is 0.311 e. The second kappa shape index (κ2) is 6.98. The van der Waals surface area contributed by atoms with Crippen LogP contribution in [0.2, 0.25) is 0 Å². The summed E-state index contributed by atoms with van der Waals surface area (Å²) in [5.41, 5.74) is 0.0152. The lowest BCUT2D eigenvalue weighted by atomic mass is 10.1. The Morgan fingerprint density at radius 3 is 3.04 bits per heavy atom. The van der Waals surface area contributed by atoms with Gasteiger partial charge in [0.05, 0.1) is 6.10 Å². The fourth-order valence-electron chi connectivity index (χ4n) is 3.19. The van der Waals surface area contributed by atoms with Crippen LogP contribution in [0.1, 0.15) is 31.8 Å². The first kappa shape index (κ1) is 18.0. The van der Waals surface area contributed by atoms with Crippen molar-refractivity contribution in [1.82, 2.24) is 24.1 Å². The minimum Gasteiger partial charge on any atom is -0.464 e. The maximum absolute atomic E-state index is 12.5. The summed E-state index contributed by atoms with van der Waals surface area (Å²) in [7, 11) is 0. The standard InChI is InChI=1S/C16H17N5O4S2/c1-3-9-10(25-16(26)20-5-4-17-7-20)6-11(24-9)21-13-12(27-15(21)23)14(22)19-8(2)18-13/h4-5,7,9-11H,3,6H2,1-2H3,(H,18,19,22)/t9-,10+,11-/m1/s1. The molecule has 1 aliphatic rings. The van der Waals surface area contributed by atoms with Crippen molar-refractivity contribution in [2.24, 2.45) is 0 Å². The molecule has 142 valence electrons. The fraction of sp³-hybridized carbons (Fsp3) is 0.438. The zero-order valence-corrected chi connectivity index (χ0v) is 16.2. The quantitative estimate of drug-likeness (QED) is 0.657. The molecular weight excluding hydrogens is 390 g/mol. The van der Waals surface area contributed by atoms with Gasteiger partial charge in [0.15, 0.2) is 5.65 Å². The van der Waals surface area contributed by atoms with E-state index in [0.29, 0.717) is 29.0 Å². The Balaban J connectivity index is 1.65. The molecule has 4 rings (SSSR count). The minimum atomic E-state index is -0.569. The van der Waals surface area contributed by atoms with Crippen LogP contribution < -0.4 is 10.4 Å². The molecule has 27 heavy (non-hydrogen) atoms. The molecule has 0 unspecified atom stereocenters. The summed E-state index contributed by atoms with van der Waals surface area (Å²) in [6.07, 6.45) is 4.87. The first-order valence-corrected chi connectivity index (χ1v) is 9.66. The van der Waals surface area contributed by atoms with Crippen LogP contribution in [0.25, 0.3) is 10.3 Å². The number of nitrogens with zero attached hydrogens (tertiary/aromatic N) is 4. The third-order valence-electron chi connectivity index (χ3n) is 4.43. The SMILES string of the molecule is CC[C@H]1O[C@@H](n2c(=O)sc3c(=O)[nH]c(C)nc32)C[C@@H]1OC(=S)n1ccnc1. The first-order chi connectivity index (χ1) is 13.0. The van der Waals surface area contributed by atoms with E-state index in [1.807, 2.05) is 6.92 Å². The Labute approximate surface area is 162 Å². The van der Waals surface area contributed by atoms with E-state index in [1.54, 1.807) is 30.2 Å². The summed E-state index contributed by atoms with van der Waals surface area (Å²) >= 11 is 6.17. The maximum atomic E-state index is 12.5. The summed E-state index contributed by atoms with van der Waals surface area (Å²) in [5.74, 6) is 0.443. The number of nitrogens with one attached hydrogen (secondary N) is 1. The molecule has 0 radical (unpaired) electrons. The second-order valence-electron chi connectivity index (χ2n) is 6.21. The number of thiazole rings is 1. The van der Waals surface area contributed by atoms with Crippen LogP contribution in [0.15, 0.2) is 28.3 Å². The van der Waals surface area contributed by atoms with Crippen molar-refractivity contribution in [1.29, 1.82) is 0 Å². The molecule has 0 bridgehead atoms. The largest absolute Gasteiger partial charge is 0.464 e. The van der Waals surface area contributed by atoms with Gasteiger partial charge in [-0.05, 0) is 25.6 Å². The average molecular weight is 407 g/mol. The number of aromatic nitrogens is 5. The van der Waals surface area contributed by atoms with Crippen LogP contribution in [0, 0.1) is 6.92 Å². The molecule has 0 aliphatic carbocycles. The minimum absolute atomic E-state index is 0.235. The van der Waals surface area contributed by atoms with Gasteiger partial charge in [-0.25, -0.2) is 9.97 Å². The Kier molecular flexibility index (Phi) is 4.66. The van der Waals surface area contributed by atoms with Crippen LogP contribution in [0.5, 0.6) is 0 Å². The summed E-state index contributed by atoms with van der Waals surface area (Å²) < 4.78 is 15.3. The third-order valence-corrected chi connectivity index (χ3v) is 5.68. The van der Waals surface area contributed by atoms with Crippen molar-refractivity contribution in [3.63, 3.8) is 0 Å². The number of fused-ring (bicyclic) bond motifs is 1. The predicted octanol–water partition coefficient (Wildman–Crippen LogP) is 1.57. The van der Waals surface area contributed by atoms with Gasteiger partial charge in [0.25, 0.3) is 10.7 Å². The number of hydrogen-bond donors (Lipinski definition) is 1. The summed E-state index contributed by atoms with van der Waals surface area (Å²) in [6.45, 7) is 3.65. The molecule has 3 aromatic rings. The van der Waals surface area contributed by atoms with Gasteiger partial charge in [-0.2, -0.15) is 0 Å². The van der Waals surface area contributed by atoms with Gasteiger partial charge in [-0.3, -0.25) is 18.7 Å². The van der Waals surface area contributed by atoms with E-state index < -0.39 is 6.23 Å². The van der Waals surface area contributed by atoms with E-state index in [9.17, 15) is 9.59 Å². The van der Waals surface area contributed by atoms with E-state index in [2.05, 4.69) is 15.0 Å². The molecule has 3 aromatic heterocycles. The summed E-state index contributed by atoms with van der Waals surface area (Å²) in [5, 5.41) is 0.271. The molecule has 3 atom stereocenters. The Morgan fingerprint density at radius 1 is 1.52 bits per heavy atom. The van der Waals surface area contributed by atoms with Gasteiger partial charge in [-0.15, -0.1) is 0 Å². The molecule has 1 aliphatic heterocycles. The van der Waals surface area contributed by atoms with E-state index >= 15 is 0 Å². The van der Waals surface area contributed by atoms with Crippen molar-refractivity contribution in [2.75, 3.05) is 0 Å². The number of rotatable bonds is 3. The van der Waals surface area contributed by atoms with Crippen LogP contribution in [-0.4, -0.2) is 41.5 Å². The predicted molar refractivity (Wildman–Crippen MR) is 103 cm³/mol. The van der Waals surface area contributed by atoms with E-state index in [0.717, 1.165) is 11.3 Å².